The molecule has 1 spiro atoms. The molecular weight excluding hydrogens is 863 g/mol. The molecule has 0 atom stereocenters. The molecule has 0 unspecified atom stereocenters. The van der Waals surface area contributed by atoms with Crippen LogP contribution in [0.1, 0.15) is 43.2 Å². The van der Waals surface area contributed by atoms with E-state index < -0.39 is 0 Å². The minimum atomic E-state index is 0.151. The van der Waals surface area contributed by atoms with Crippen molar-refractivity contribution in [1.29, 1.82) is 0 Å². The van der Waals surface area contributed by atoms with Crippen LogP contribution in [-0.4, -0.2) is 14.1 Å². The second-order valence-corrected chi connectivity index (χ2v) is 21.5. The van der Waals surface area contributed by atoms with Gasteiger partial charge in [-0.15, -0.1) is 0 Å². The van der Waals surface area contributed by atoms with E-state index >= 15 is 0 Å². The van der Waals surface area contributed by atoms with Gasteiger partial charge in [-0.3, -0.25) is 4.98 Å². The van der Waals surface area contributed by atoms with Crippen LogP contribution in [0.3, 0.4) is 0 Å². The Morgan fingerprint density at radius 1 is 0.394 bits per heavy atom. The van der Waals surface area contributed by atoms with E-state index in [1.807, 2.05) is 12.4 Å². The minimum Gasteiger partial charge on any atom is -0.456 e. The van der Waals surface area contributed by atoms with E-state index in [4.69, 9.17) is 4.42 Å². The number of aromatic nitrogens is 3. The van der Waals surface area contributed by atoms with Crippen molar-refractivity contribution in [1.82, 2.24) is 14.1 Å². The van der Waals surface area contributed by atoms with E-state index in [1.54, 1.807) is 11.1 Å². The Morgan fingerprint density at radius 2 is 0.986 bits per heavy atom. The van der Waals surface area contributed by atoms with Gasteiger partial charge in [-0.1, -0.05) is 115 Å². The number of para-hydroxylation sites is 2. The van der Waals surface area contributed by atoms with Crippen molar-refractivity contribution in [3.8, 4) is 44.8 Å². The van der Waals surface area contributed by atoms with Crippen molar-refractivity contribution < 1.29 is 4.42 Å². The Morgan fingerprint density at radius 3 is 1.76 bits per heavy atom. The number of nitrogens with zero attached hydrogens (tertiary/aromatic N) is 3. The fourth-order valence-electron chi connectivity index (χ4n) is 15.5. The Hall–Kier alpha value is -8.21. The van der Waals surface area contributed by atoms with Gasteiger partial charge in [-0.25, -0.2) is 0 Å². The van der Waals surface area contributed by atoms with Crippen molar-refractivity contribution >= 4 is 76.3 Å². The maximum atomic E-state index is 6.75. The third-order valence-corrected chi connectivity index (χ3v) is 18.2. The molecule has 5 aliphatic rings. The van der Waals surface area contributed by atoms with Crippen molar-refractivity contribution in [3.63, 3.8) is 0 Å². The smallest absolute Gasteiger partial charge is 0.136 e. The molecule has 0 aliphatic heterocycles. The number of rotatable bonds is 4. The van der Waals surface area contributed by atoms with Gasteiger partial charge < -0.3 is 13.6 Å². The molecule has 336 valence electrons. The number of benzene rings is 9. The molecule has 4 saturated carbocycles. The normalized spacial score (nSPS) is 21.0. The molecule has 0 amide bonds. The number of fused-ring (bicyclic) bond motifs is 13. The molecular formula is C67H47N3O. The molecule has 5 aliphatic carbocycles. The quantitative estimate of drug-likeness (QED) is 0.176. The maximum Gasteiger partial charge on any atom is 0.136 e. The summed E-state index contributed by atoms with van der Waals surface area (Å²) in [6.45, 7) is 0. The Labute approximate surface area is 410 Å². The monoisotopic (exact) mass is 909 g/mol. The zero-order valence-corrected chi connectivity index (χ0v) is 39.1. The first-order valence-electron chi connectivity index (χ1n) is 25.8. The molecule has 0 saturated heterocycles. The van der Waals surface area contributed by atoms with Crippen LogP contribution in [0.15, 0.2) is 205 Å². The Bertz CT molecular complexity index is 4410. The van der Waals surface area contributed by atoms with Crippen LogP contribution < -0.4 is 0 Å². The van der Waals surface area contributed by atoms with Gasteiger partial charge in [0.2, 0.25) is 0 Å². The summed E-state index contributed by atoms with van der Waals surface area (Å²) in [4.78, 5) is 4.67. The van der Waals surface area contributed by atoms with Crippen LogP contribution in [0.4, 0.5) is 0 Å². The van der Waals surface area contributed by atoms with Gasteiger partial charge in [0.25, 0.3) is 0 Å². The number of pyridine rings is 1. The summed E-state index contributed by atoms with van der Waals surface area (Å²) in [6.07, 6.45) is 11.0. The van der Waals surface area contributed by atoms with Crippen LogP contribution in [0.5, 0.6) is 0 Å². The first-order chi connectivity index (χ1) is 35.1. The summed E-state index contributed by atoms with van der Waals surface area (Å²) in [5.41, 5.74) is 20.0. The average Bonchev–Trinajstić information content (AvgIpc) is 4.14. The van der Waals surface area contributed by atoms with E-state index in [0.717, 1.165) is 62.4 Å². The van der Waals surface area contributed by atoms with E-state index in [-0.39, 0.29) is 5.41 Å². The number of furan rings is 1. The van der Waals surface area contributed by atoms with Gasteiger partial charge in [0.05, 0.1) is 34.0 Å². The first kappa shape index (κ1) is 38.6. The third-order valence-electron chi connectivity index (χ3n) is 18.2. The van der Waals surface area contributed by atoms with Crippen LogP contribution in [0.2, 0.25) is 0 Å². The third kappa shape index (κ3) is 5.17. The highest BCUT2D eigenvalue weighted by molar-refractivity contribution is 6.14. The summed E-state index contributed by atoms with van der Waals surface area (Å²) in [5.74, 6) is 3.34. The van der Waals surface area contributed by atoms with Crippen molar-refractivity contribution in [2.24, 2.45) is 23.7 Å². The molecule has 0 radical (unpaired) electrons. The highest BCUT2D eigenvalue weighted by atomic mass is 16.3. The molecule has 4 heterocycles. The predicted molar refractivity (Wildman–Crippen MR) is 292 cm³/mol. The van der Waals surface area contributed by atoms with E-state index in [2.05, 4.69) is 202 Å². The number of hydrogen-bond donors (Lipinski definition) is 0. The molecule has 13 aromatic rings. The van der Waals surface area contributed by atoms with Gasteiger partial charge >= 0.3 is 0 Å². The van der Waals surface area contributed by atoms with Crippen molar-refractivity contribution in [2.75, 3.05) is 0 Å². The average molecular weight is 910 g/mol. The van der Waals surface area contributed by atoms with Crippen molar-refractivity contribution in [2.45, 2.75) is 37.5 Å². The molecule has 0 N–H and O–H groups in total. The molecule has 4 heteroatoms. The molecule has 18 rings (SSSR count). The summed E-state index contributed by atoms with van der Waals surface area (Å²) >= 11 is 0. The van der Waals surface area contributed by atoms with E-state index in [0.29, 0.717) is 0 Å². The van der Waals surface area contributed by atoms with E-state index in [9.17, 15) is 0 Å². The highest BCUT2D eigenvalue weighted by Crippen LogP contribution is 2.69. The highest BCUT2D eigenvalue weighted by Gasteiger charge is 2.61. The summed E-state index contributed by atoms with van der Waals surface area (Å²) in [5, 5.41) is 9.53. The van der Waals surface area contributed by atoms with Gasteiger partial charge in [0, 0.05) is 60.4 Å². The van der Waals surface area contributed by atoms with Crippen LogP contribution in [-0.2, 0) is 5.41 Å². The van der Waals surface area contributed by atoms with Gasteiger partial charge in [-0.05, 0) is 173 Å². The van der Waals surface area contributed by atoms with Crippen LogP contribution >= 0.6 is 0 Å². The Kier molecular flexibility index (Phi) is 7.61. The van der Waals surface area contributed by atoms with Crippen LogP contribution in [0.25, 0.3) is 121 Å². The van der Waals surface area contributed by atoms with Gasteiger partial charge in [0.1, 0.15) is 11.2 Å². The molecule has 71 heavy (non-hydrogen) atoms. The van der Waals surface area contributed by atoms with E-state index in [1.165, 1.54) is 114 Å². The molecule has 4 bridgehead atoms. The van der Waals surface area contributed by atoms with Gasteiger partial charge in [0.15, 0.2) is 0 Å². The Balaban J connectivity index is 0.758. The van der Waals surface area contributed by atoms with Gasteiger partial charge in [-0.2, -0.15) is 0 Å². The minimum absolute atomic E-state index is 0.151. The second-order valence-electron chi connectivity index (χ2n) is 21.5. The predicted octanol–water partition coefficient (Wildman–Crippen LogP) is 17.4. The summed E-state index contributed by atoms with van der Waals surface area (Å²) < 4.78 is 11.6. The van der Waals surface area contributed by atoms with Crippen LogP contribution in [0, 0.1) is 23.7 Å². The topological polar surface area (TPSA) is 35.9 Å². The molecule has 4 fully saturated rings. The first-order valence-corrected chi connectivity index (χ1v) is 25.8. The lowest BCUT2D eigenvalue weighted by molar-refractivity contribution is -0.0399. The number of hydrogen-bond acceptors (Lipinski definition) is 2. The largest absolute Gasteiger partial charge is 0.456 e. The fraction of sp³-hybridized carbons (Fsp3) is 0.149. The zero-order chi connectivity index (χ0) is 46.1. The SMILES string of the molecule is c1ccc2c(c1)-c1ccc(-c3ccc4c(c3)oc3ccc(-n5c6ccccc6c6cc(-c7ccc8c(c7)c7ccccc7n8-c7cncc8ccccc78)ccc65)cc34)cc1C21C2CC3CC(C2)CC1C3. The summed E-state index contributed by atoms with van der Waals surface area (Å²) in [6, 6.07) is 70.5. The lowest BCUT2D eigenvalue weighted by Crippen LogP contribution is -2.55. The summed E-state index contributed by atoms with van der Waals surface area (Å²) in [7, 11) is 0. The zero-order valence-electron chi connectivity index (χ0n) is 39.1. The maximum absolute atomic E-state index is 6.75. The fourth-order valence-corrected chi connectivity index (χ4v) is 15.5. The lowest BCUT2D eigenvalue weighted by atomic mass is 9.43. The van der Waals surface area contributed by atoms with Crippen molar-refractivity contribution in [3.05, 3.63) is 212 Å². The lowest BCUT2D eigenvalue weighted by Gasteiger charge is -2.61. The molecule has 9 aromatic carbocycles. The molecule has 4 nitrogen and oxygen atoms in total. The molecule has 4 aromatic heterocycles. The standard InChI is InChI=1S/C67H47N3O/c1-2-10-49-45(9-1)37-68-38-64(49)70-61-16-8-5-13-53(61)56-33-42(20-25-63(56)70)41-19-24-62-55(32-41)52-12-4-7-15-60(52)69(62)48-21-26-65-57(36-48)54-23-18-44(35-66(54)71-65)43-17-22-51-50-11-3-6-14-58(50)67(59(51)34-43)46-28-39-27-40(30-46)31-47(67)29-39/h1-26,32-40,46-47H,27-31H2. The second kappa shape index (κ2) is 14.0.